The Balaban J connectivity index is 1.09. The van der Waals surface area contributed by atoms with Crippen molar-refractivity contribution in [3.05, 3.63) is 0 Å². The number of nitrogens with zero attached hydrogens (tertiary/aromatic N) is 2. The van der Waals surface area contributed by atoms with E-state index in [2.05, 4.69) is 66.0 Å². The Morgan fingerprint density at radius 2 is 0.870 bits per heavy atom. The Bertz CT molecular complexity index is 885. The van der Waals surface area contributed by atoms with E-state index in [1.165, 1.54) is 12.8 Å². The van der Waals surface area contributed by atoms with Gasteiger partial charge >= 0.3 is 11.9 Å². The second kappa shape index (κ2) is 16.0. The Hall–Kier alpha value is -1.22. The van der Waals surface area contributed by atoms with Gasteiger partial charge in [0.25, 0.3) is 0 Å². The Morgan fingerprint density at radius 1 is 0.543 bits per heavy atom. The molecule has 4 aliphatic rings. The molecule has 0 aromatic carbocycles. The van der Waals surface area contributed by atoms with E-state index in [0.717, 1.165) is 103 Å². The predicted molar refractivity (Wildman–Crippen MR) is 186 cm³/mol. The molecular weight excluding hydrogens is 576 g/mol. The largest absolute Gasteiger partial charge is 0.368 e. The smallest absolute Gasteiger partial charge is 0.325 e. The Labute approximate surface area is 281 Å². The fraction of sp³-hybridized carbons (Fsp3) is 0.947. The lowest BCUT2D eigenvalue weighted by Gasteiger charge is -2.50. The van der Waals surface area contributed by atoms with Gasteiger partial charge in [0.1, 0.15) is 0 Å². The zero-order valence-corrected chi connectivity index (χ0v) is 31.0. The Morgan fingerprint density at radius 3 is 1.22 bits per heavy atom. The van der Waals surface area contributed by atoms with Crippen LogP contribution in [-0.2, 0) is 19.3 Å². The van der Waals surface area contributed by atoms with Crippen molar-refractivity contribution in [3.8, 4) is 0 Å². The fourth-order valence-electron chi connectivity index (χ4n) is 9.98. The maximum Gasteiger partial charge on any atom is 0.325 e. The molecule has 0 saturated carbocycles. The molecule has 4 fully saturated rings. The van der Waals surface area contributed by atoms with Gasteiger partial charge < -0.3 is 20.3 Å². The molecule has 2 unspecified atom stereocenters. The molecular formula is C38H70N4O4. The highest BCUT2D eigenvalue weighted by atomic mass is 16.7. The van der Waals surface area contributed by atoms with Gasteiger partial charge in [-0.05, 0) is 131 Å². The summed E-state index contributed by atoms with van der Waals surface area (Å²) >= 11 is 0. The van der Waals surface area contributed by atoms with E-state index in [9.17, 15) is 9.59 Å². The highest BCUT2D eigenvalue weighted by Gasteiger charge is 2.45. The number of unbranched alkanes of at least 4 members (excludes halogenated alkanes) is 5. The molecule has 0 bridgehead atoms. The van der Waals surface area contributed by atoms with Gasteiger partial charge in [0.15, 0.2) is 0 Å². The number of carbonyl (C=O) groups excluding carboxylic acids is 2. The lowest BCUT2D eigenvalue weighted by atomic mass is 9.71. The topological polar surface area (TPSA) is 83.1 Å². The summed E-state index contributed by atoms with van der Waals surface area (Å²) in [5.41, 5.74) is 0.382. The first-order valence-electron chi connectivity index (χ1n) is 19.1. The lowest BCUT2D eigenvalue weighted by molar-refractivity contribution is -0.217. The van der Waals surface area contributed by atoms with Crippen molar-refractivity contribution in [2.75, 3.05) is 13.1 Å². The predicted octanol–water partition coefficient (Wildman–Crippen LogP) is 7.85. The third-order valence-electron chi connectivity index (χ3n) is 11.0. The van der Waals surface area contributed by atoms with E-state index in [1.807, 2.05) is 10.1 Å². The molecule has 8 heteroatoms. The molecule has 266 valence electrons. The van der Waals surface area contributed by atoms with Crippen molar-refractivity contribution >= 4 is 11.9 Å². The molecule has 0 radical (unpaired) electrons. The van der Waals surface area contributed by atoms with E-state index >= 15 is 0 Å². The summed E-state index contributed by atoms with van der Waals surface area (Å²) in [4.78, 5) is 37.7. The minimum Gasteiger partial charge on any atom is -0.368 e. The molecule has 8 nitrogen and oxygen atoms in total. The molecule has 0 aromatic rings. The van der Waals surface area contributed by atoms with Gasteiger partial charge in [-0.2, -0.15) is 0 Å². The standard InChI is InChI=1S/C38H70N4O4/c1-35(2)25-29(26-36(3,4)39-35)31-19-15-17-23-41(31)45-33(43)21-13-11-9-10-12-14-22-34(44)46-42-24-18-16-20-32(42)30-27-37(5,6)40-38(7,8)28-30/h29-32,39-40H,9-28H2,1-8H3. The van der Waals surface area contributed by atoms with E-state index in [0.29, 0.717) is 36.8 Å². The highest BCUT2D eigenvalue weighted by molar-refractivity contribution is 5.69. The number of hydrogen-bond donors (Lipinski definition) is 2. The van der Waals surface area contributed by atoms with Crippen LogP contribution in [0.1, 0.15) is 171 Å². The molecule has 0 amide bonds. The summed E-state index contributed by atoms with van der Waals surface area (Å²) in [6.45, 7) is 20.1. The maximum absolute atomic E-state index is 12.8. The van der Waals surface area contributed by atoms with Crippen LogP contribution >= 0.6 is 0 Å². The number of rotatable bonds is 13. The quantitative estimate of drug-likeness (QED) is 0.196. The summed E-state index contributed by atoms with van der Waals surface area (Å²) in [5.74, 6) is 0.920. The van der Waals surface area contributed by atoms with Gasteiger partial charge in [-0.1, -0.05) is 38.5 Å². The third kappa shape index (κ3) is 11.7. The van der Waals surface area contributed by atoms with Crippen LogP contribution < -0.4 is 10.6 Å². The SMILES string of the molecule is CC1(C)CC(C2CCCCN2OC(=O)CCCCCCCCC(=O)ON2CCCCC2C2CC(C)(C)NC(C)(C)C2)CC(C)(C)N1. The second-order valence-corrected chi connectivity index (χ2v) is 18.1. The minimum atomic E-state index is -0.0743. The summed E-state index contributed by atoms with van der Waals surface area (Å²) < 4.78 is 0. The van der Waals surface area contributed by atoms with Crippen LogP contribution in [0.2, 0.25) is 0 Å². The number of hydrogen-bond acceptors (Lipinski definition) is 8. The number of piperidine rings is 4. The zero-order valence-electron chi connectivity index (χ0n) is 31.0. The number of hydroxylamine groups is 4. The van der Waals surface area contributed by atoms with Crippen molar-refractivity contribution in [2.24, 2.45) is 11.8 Å². The van der Waals surface area contributed by atoms with E-state index in [-0.39, 0.29) is 34.1 Å². The van der Waals surface area contributed by atoms with E-state index in [1.54, 1.807) is 0 Å². The second-order valence-electron chi connectivity index (χ2n) is 18.1. The van der Waals surface area contributed by atoms with E-state index < -0.39 is 0 Å². The number of nitrogens with one attached hydrogen (secondary N) is 2. The minimum absolute atomic E-state index is 0.0743. The van der Waals surface area contributed by atoms with Crippen LogP contribution in [0, 0.1) is 11.8 Å². The van der Waals surface area contributed by atoms with Crippen LogP contribution in [0.15, 0.2) is 0 Å². The number of carbonyl (C=O) groups is 2. The molecule has 4 aliphatic heterocycles. The van der Waals surface area contributed by atoms with Crippen LogP contribution in [0.25, 0.3) is 0 Å². The van der Waals surface area contributed by atoms with Gasteiger partial charge in [0.05, 0.1) is 0 Å². The zero-order chi connectivity index (χ0) is 33.6. The van der Waals surface area contributed by atoms with Gasteiger partial charge in [-0.25, -0.2) is 0 Å². The lowest BCUT2D eigenvalue weighted by Crippen LogP contribution is -2.61. The molecule has 46 heavy (non-hydrogen) atoms. The van der Waals surface area contributed by atoms with Crippen LogP contribution in [0.3, 0.4) is 0 Å². The summed E-state index contributed by atoms with van der Waals surface area (Å²) in [5, 5.41) is 11.7. The van der Waals surface area contributed by atoms with Crippen molar-refractivity contribution < 1.29 is 19.3 Å². The molecule has 4 heterocycles. The highest BCUT2D eigenvalue weighted by Crippen LogP contribution is 2.40. The first-order valence-corrected chi connectivity index (χ1v) is 19.1. The Kier molecular flexibility index (Phi) is 13.1. The van der Waals surface area contributed by atoms with Crippen LogP contribution in [0.5, 0.6) is 0 Å². The van der Waals surface area contributed by atoms with Crippen molar-refractivity contribution in [3.63, 3.8) is 0 Å². The molecule has 0 spiro atoms. The average molecular weight is 647 g/mol. The third-order valence-corrected chi connectivity index (χ3v) is 11.0. The van der Waals surface area contributed by atoms with Gasteiger partial charge in [0, 0.05) is 60.2 Å². The van der Waals surface area contributed by atoms with Crippen LogP contribution in [-0.4, -0.2) is 69.4 Å². The molecule has 0 aromatic heterocycles. The molecule has 4 rings (SSSR count). The van der Waals surface area contributed by atoms with Crippen molar-refractivity contribution in [2.45, 2.75) is 205 Å². The summed E-state index contributed by atoms with van der Waals surface area (Å²) in [7, 11) is 0. The summed E-state index contributed by atoms with van der Waals surface area (Å²) in [6, 6.07) is 0.657. The van der Waals surface area contributed by atoms with Crippen molar-refractivity contribution in [1.29, 1.82) is 0 Å². The molecule has 4 saturated heterocycles. The molecule has 2 N–H and O–H groups in total. The average Bonchev–Trinajstić information content (AvgIpc) is 2.91. The first-order chi connectivity index (χ1) is 21.5. The van der Waals surface area contributed by atoms with Gasteiger partial charge in [-0.3, -0.25) is 9.59 Å². The monoisotopic (exact) mass is 647 g/mol. The molecule has 0 aliphatic carbocycles. The maximum atomic E-state index is 12.8. The van der Waals surface area contributed by atoms with Crippen molar-refractivity contribution in [1.82, 2.24) is 20.8 Å². The first kappa shape index (κ1) is 37.6. The van der Waals surface area contributed by atoms with Gasteiger partial charge in [-0.15, -0.1) is 10.1 Å². The van der Waals surface area contributed by atoms with Gasteiger partial charge in [0.2, 0.25) is 0 Å². The molecule has 2 atom stereocenters. The fourth-order valence-corrected chi connectivity index (χ4v) is 9.98. The van der Waals surface area contributed by atoms with E-state index in [4.69, 9.17) is 9.68 Å². The summed E-state index contributed by atoms with van der Waals surface area (Å²) in [6.07, 6.45) is 18.3. The normalized spacial score (nSPS) is 28.9. The van der Waals surface area contributed by atoms with Crippen LogP contribution in [0.4, 0.5) is 0 Å².